The highest BCUT2D eigenvalue weighted by atomic mass is 16.6. The zero-order chi connectivity index (χ0) is 15.2. The fourth-order valence-electron chi connectivity index (χ4n) is 1.49. The fourth-order valence-corrected chi connectivity index (χ4v) is 1.49. The first-order valence-electron chi connectivity index (χ1n) is 6.58. The Hall–Kier alpha value is -1.75. The topological polar surface area (TPSA) is 59.0 Å². The molecule has 0 bridgehead atoms. The van der Waals surface area contributed by atoms with Crippen LogP contribution in [0.25, 0.3) is 0 Å². The number of para-hydroxylation sites is 1. The van der Waals surface area contributed by atoms with E-state index in [1.54, 1.807) is 27.8 Å². The van der Waals surface area contributed by atoms with Gasteiger partial charge in [-0.05, 0) is 32.9 Å². The van der Waals surface area contributed by atoms with Gasteiger partial charge in [-0.3, -0.25) is 0 Å². The molecule has 1 aromatic carbocycles. The lowest BCUT2D eigenvalue weighted by atomic mass is 10.2. The van der Waals surface area contributed by atoms with Crippen molar-refractivity contribution in [3.8, 4) is 5.75 Å². The van der Waals surface area contributed by atoms with Crippen molar-refractivity contribution < 1.29 is 19.4 Å². The third-order valence-electron chi connectivity index (χ3n) is 2.38. The number of carbonyl (C=O) groups is 1. The van der Waals surface area contributed by atoms with E-state index < -0.39 is 17.8 Å². The van der Waals surface area contributed by atoms with Crippen molar-refractivity contribution in [2.45, 2.75) is 32.5 Å². The molecule has 1 rings (SSSR count). The van der Waals surface area contributed by atoms with Crippen LogP contribution in [0.4, 0.5) is 4.79 Å². The van der Waals surface area contributed by atoms with E-state index in [4.69, 9.17) is 9.47 Å². The lowest BCUT2D eigenvalue weighted by Crippen LogP contribution is -2.40. The van der Waals surface area contributed by atoms with Crippen molar-refractivity contribution in [3.05, 3.63) is 30.3 Å². The lowest BCUT2D eigenvalue weighted by molar-refractivity contribution is 0.0154. The summed E-state index contributed by atoms with van der Waals surface area (Å²) in [6.07, 6.45) is -1.23. The molecule has 0 saturated heterocycles. The van der Waals surface area contributed by atoms with Crippen LogP contribution in [0.15, 0.2) is 30.3 Å². The summed E-state index contributed by atoms with van der Waals surface area (Å²) >= 11 is 0. The standard InChI is InChI=1S/C15H23NO4/c1-15(2,3)20-14(18)16(4)10-12(17)11-19-13-8-6-5-7-9-13/h5-9,12,17H,10-11H2,1-4H3/t12-/m0/s1. The summed E-state index contributed by atoms with van der Waals surface area (Å²) in [6, 6.07) is 9.22. The van der Waals surface area contributed by atoms with Crippen molar-refractivity contribution in [1.29, 1.82) is 0 Å². The monoisotopic (exact) mass is 281 g/mol. The van der Waals surface area contributed by atoms with E-state index in [-0.39, 0.29) is 13.2 Å². The zero-order valence-corrected chi connectivity index (χ0v) is 12.5. The Morgan fingerprint density at radius 3 is 2.45 bits per heavy atom. The number of ether oxygens (including phenoxy) is 2. The highest BCUT2D eigenvalue weighted by molar-refractivity contribution is 5.67. The van der Waals surface area contributed by atoms with Crippen molar-refractivity contribution in [1.82, 2.24) is 4.90 Å². The van der Waals surface area contributed by atoms with Gasteiger partial charge in [-0.2, -0.15) is 0 Å². The van der Waals surface area contributed by atoms with Crippen LogP contribution in [0.5, 0.6) is 5.75 Å². The van der Waals surface area contributed by atoms with Gasteiger partial charge < -0.3 is 19.5 Å². The summed E-state index contributed by atoms with van der Waals surface area (Å²) in [5.74, 6) is 0.687. The Morgan fingerprint density at radius 2 is 1.90 bits per heavy atom. The molecule has 0 unspecified atom stereocenters. The van der Waals surface area contributed by atoms with Gasteiger partial charge >= 0.3 is 6.09 Å². The largest absolute Gasteiger partial charge is 0.491 e. The second kappa shape index (κ2) is 7.14. The summed E-state index contributed by atoms with van der Waals surface area (Å²) in [5, 5.41) is 9.85. The van der Waals surface area contributed by atoms with Crippen LogP contribution in [0.1, 0.15) is 20.8 Å². The van der Waals surface area contributed by atoms with Gasteiger partial charge in [-0.15, -0.1) is 0 Å². The van der Waals surface area contributed by atoms with Crippen molar-refractivity contribution in [2.24, 2.45) is 0 Å². The van der Waals surface area contributed by atoms with Gasteiger partial charge in [-0.1, -0.05) is 18.2 Å². The summed E-state index contributed by atoms with van der Waals surface area (Å²) in [7, 11) is 1.58. The van der Waals surface area contributed by atoms with E-state index in [2.05, 4.69) is 0 Å². The quantitative estimate of drug-likeness (QED) is 0.899. The van der Waals surface area contributed by atoms with Crippen molar-refractivity contribution in [3.63, 3.8) is 0 Å². The van der Waals surface area contributed by atoms with Crippen LogP contribution in [0, 0.1) is 0 Å². The van der Waals surface area contributed by atoms with Crippen LogP contribution < -0.4 is 4.74 Å². The minimum absolute atomic E-state index is 0.122. The maximum atomic E-state index is 11.7. The Morgan fingerprint density at radius 1 is 1.30 bits per heavy atom. The molecule has 0 saturated carbocycles. The summed E-state index contributed by atoms with van der Waals surface area (Å²) < 4.78 is 10.6. The predicted octanol–water partition coefficient (Wildman–Crippen LogP) is 2.29. The van der Waals surface area contributed by atoms with Crippen LogP contribution in [-0.2, 0) is 4.74 Å². The molecule has 0 aliphatic carbocycles. The molecule has 0 fully saturated rings. The van der Waals surface area contributed by atoms with E-state index in [9.17, 15) is 9.90 Å². The summed E-state index contributed by atoms with van der Waals surface area (Å²) in [4.78, 5) is 13.1. The minimum atomic E-state index is -0.771. The molecule has 5 nitrogen and oxygen atoms in total. The van der Waals surface area contributed by atoms with Crippen LogP contribution in [0.3, 0.4) is 0 Å². The molecule has 5 heteroatoms. The molecule has 20 heavy (non-hydrogen) atoms. The molecular weight excluding hydrogens is 258 g/mol. The number of hydrogen-bond acceptors (Lipinski definition) is 4. The zero-order valence-electron chi connectivity index (χ0n) is 12.5. The highest BCUT2D eigenvalue weighted by Gasteiger charge is 2.21. The number of amides is 1. The van der Waals surface area contributed by atoms with Gasteiger partial charge in [-0.25, -0.2) is 4.79 Å². The molecule has 1 amide bonds. The molecule has 0 aliphatic rings. The molecule has 1 atom stereocenters. The molecule has 1 aromatic rings. The van der Waals surface area contributed by atoms with Gasteiger partial charge in [0.25, 0.3) is 0 Å². The summed E-state index contributed by atoms with van der Waals surface area (Å²) in [5.41, 5.74) is -0.545. The average molecular weight is 281 g/mol. The van der Waals surface area contributed by atoms with E-state index in [0.717, 1.165) is 0 Å². The van der Waals surface area contributed by atoms with E-state index >= 15 is 0 Å². The van der Waals surface area contributed by atoms with Crippen LogP contribution in [0.2, 0.25) is 0 Å². The SMILES string of the molecule is CN(C[C@H](O)COc1ccccc1)C(=O)OC(C)(C)C. The fraction of sp³-hybridized carbons (Fsp3) is 0.533. The molecule has 112 valence electrons. The average Bonchev–Trinajstić information content (AvgIpc) is 2.35. The van der Waals surface area contributed by atoms with Gasteiger partial charge in [0.05, 0.1) is 6.54 Å². The molecule has 0 aromatic heterocycles. The summed E-state index contributed by atoms with van der Waals surface area (Å²) in [6.45, 7) is 5.67. The Bertz CT molecular complexity index is 414. The second-order valence-electron chi connectivity index (χ2n) is 5.64. The van der Waals surface area contributed by atoms with Crippen LogP contribution in [-0.4, -0.2) is 48.0 Å². The third kappa shape index (κ3) is 6.43. The molecule has 0 heterocycles. The lowest BCUT2D eigenvalue weighted by Gasteiger charge is -2.26. The number of aliphatic hydroxyl groups excluding tert-OH is 1. The predicted molar refractivity (Wildman–Crippen MR) is 76.8 cm³/mol. The smallest absolute Gasteiger partial charge is 0.410 e. The number of hydrogen-bond donors (Lipinski definition) is 1. The molecular formula is C15H23NO4. The first-order chi connectivity index (χ1) is 9.28. The number of rotatable bonds is 5. The number of carbonyl (C=O) groups excluding carboxylic acids is 1. The minimum Gasteiger partial charge on any atom is -0.491 e. The molecule has 0 spiro atoms. The first-order valence-corrected chi connectivity index (χ1v) is 6.58. The molecule has 0 aliphatic heterocycles. The third-order valence-corrected chi connectivity index (χ3v) is 2.38. The number of aliphatic hydroxyl groups is 1. The van der Waals surface area contributed by atoms with Gasteiger partial charge in [0.15, 0.2) is 0 Å². The van der Waals surface area contributed by atoms with Gasteiger partial charge in [0.1, 0.15) is 24.1 Å². The maximum Gasteiger partial charge on any atom is 0.410 e. The Kier molecular flexibility index (Phi) is 5.82. The number of nitrogens with zero attached hydrogens (tertiary/aromatic N) is 1. The number of likely N-dealkylation sites (N-methyl/N-ethyl adjacent to an activating group) is 1. The van der Waals surface area contributed by atoms with Gasteiger partial charge in [0, 0.05) is 7.05 Å². The number of benzene rings is 1. The first kappa shape index (κ1) is 16.3. The normalized spacial score (nSPS) is 12.7. The Balaban J connectivity index is 2.34. The van der Waals surface area contributed by atoms with Crippen molar-refractivity contribution >= 4 is 6.09 Å². The maximum absolute atomic E-state index is 11.7. The van der Waals surface area contributed by atoms with E-state index in [1.165, 1.54) is 4.90 Å². The van der Waals surface area contributed by atoms with Crippen LogP contribution >= 0.6 is 0 Å². The van der Waals surface area contributed by atoms with E-state index in [0.29, 0.717) is 5.75 Å². The Labute approximate surface area is 120 Å². The van der Waals surface area contributed by atoms with Gasteiger partial charge in [0.2, 0.25) is 0 Å². The van der Waals surface area contributed by atoms with Crippen molar-refractivity contribution in [2.75, 3.05) is 20.2 Å². The highest BCUT2D eigenvalue weighted by Crippen LogP contribution is 2.10. The second-order valence-corrected chi connectivity index (χ2v) is 5.64. The molecule has 1 N–H and O–H groups in total. The van der Waals surface area contributed by atoms with E-state index in [1.807, 2.05) is 30.3 Å². The molecule has 0 radical (unpaired) electrons.